The Balaban J connectivity index is 1.62. The molecule has 1 fully saturated rings. The SMILES string of the molecule is COc1ccc([C@@H]2C[C@@H]2C(=O)N(C)Cc2ccccc2OC)cc1. The first kappa shape index (κ1) is 16.4. The molecule has 0 spiro atoms. The maximum Gasteiger partial charge on any atom is 0.226 e. The number of amides is 1. The summed E-state index contributed by atoms with van der Waals surface area (Å²) in [5, 5.41) is 0. The number of rotatable bonds is 6. The van der Waals surface area contributed by atoms with E-state index in [4.69, 9.17) is 9.47 Å². The van der Waals surface area contributed by atoms with Crippen molar-refractivity contribution in [2.45, 2.75) is 18.9 Å². The molecule has 0 aliphatic heterocycles. The quantitative estimate of drug-likeness (QED) is 0.816. The van der Waals surface area contributed by atoms with Gasteiger partial charge in [-0.1, -0.05) is 30.3 Å². The molecule has 4 heteroatoms. The Labute approximate surface area is 143 Å². The van der Waals surface area contributed by atoms with E-state index in [1.165, 1.54) is 5.56 Å². The predicted octanol–water partition coefficient (Wildman–Crippen LogP) is 3.47. The van der Waals surface area contributed by atoms with Gasteiger partial charge in [-0.05, 0) is 36.1 Å². The second-order valence-electron chi connectivity index (χ2n) is 6.23. The van der Waals surface area contributed by atoms with E-state index in [1.807, 2.05) is 43.4 Å². The van der Waals surface area contributed by atoms with E-state index in [0.717, 1.165) is 23.5 Å². The van der Waals surface area contributed by atoms with E-state index >= 15 is 0 Å². The third-order valence-corrected chi connectivity index (χ3v) is 4.63. The molecule has 0 aromatic heterocycles. The van der Waals surface area contributed by atoms with Crippen LogP contribution in [0.4, 0.5) is 0 Å². The van der Waals surface area contributed by atoms with Gasteiger partial charge in [0.15, 0.2) is 0 Å². The Bertz CT molecular complexity index is 711. The average Bonchev–Trinajstić information content (AvgIpc) is 3.42. The number of nitrogens with zero attached hydrogens (tertiary/aromatic N) is 1. The van der Waals surface area contributed by atoms with Crippen LogP contribution in [0.15, 0.2) is 48.5 Å². The molecule has 126 valence electrons. The third-order valence-electron chi connectivity index (χ3n) is 4.63. The maximum atomic E-state index is 12.7. The molecule has 1 aliphatic carbocycles. The first-order chi connectivity index (χ1) is 11.6. The second kappa shape index (κ2) is 6.95. The molecule has 0 bridgehead atoms. The lowest BCUT2D eigenvalue weighted by atomic mass is 10.1. The summed E-state index contributed by atoms with van der Waals surface area (Å²) >= 11 is 0. The number of benzene rings is 2. The largest absolute Gasteiger partial charge is 0.497 e. The minimum absolute atomic E-state index is 0.0816. The van der Waals surface area contributed by atoms with Crippen LogP contribution in [0.5, 0.6) is 11.5 Å². The second-order valence-corrected chi connectivity index (χ2v) is 6.23. The number of hydrogen-bond donors (Lipinski definition) is 0. The number of carbonyl (C=O) groups is 1. The van der Waals surface area contributed by atoms with Crippen molar-refractivity contribution in [3.8, 4) is 11.5 Å². The van der Waals surface area contributed by atoms with Crippen molar-refractivity contribution in [1.82, 2.24) is 4.90 Å². The maximum absolute atomic E-state index is 12.7. The highest BCUT2D eigenvalue weighted by atomic mass is 16.5. The topological polar surface area (TPSA) is 38.8 Å². The Hall–Kier alpha value is -2.49. The highest BCUT2D eigenvalue weighted by Crippen LogP contribution is 2.48. The molecule has 0 N–H and O–H groups in total. The highest BCUT2D eigenvalue weighted by molar-refractivity contribution is 5.82. The molecule has 4 nitrogen and oxygen atoms in total. The molecule has 0 saturated heterocycles. The molecular weight excluding hydrogens is 302 g/mol. The van der Waals surface area contributed by atoms with Gasteiger partial charge in [0, 0.05) is 25.1 Å². The summed E-state index contributed by atoms with van der Waals surface area (Å²) in [7, 11) is 5.17. The zero-order chi connectivity index (χ0) is 17.1. The Morgan fingerprint density at radius 2 is 1.79 bits per heavy atom. The monoisotopic (exact) mass is 325 g/mol. The van der Waals surface area contributed by atoms with Gasteiger partial charge in [-0.25, -0.2) is 0 Å². The molecule has 2 atom stereocenters. The van der Waals surface area contributed by atoms with Gasteiger partial charge < -0.3 is 14.4 Å². The molecule has 24 heavy (non-hydrogen) atoms. The minimum Gasteiger partial charge on any atom is -0.497 e. The first-order valence-electron chi connectivity index (χ1n) is 8.15. The zero-order valence-electron chi connectivity index (χ0n) is 14.4. The van der Waals surface area contributed by atoms with E-state index < -0.39 is 0 Å². The van der Waals surface area contributed by atoms with Crippen LogP contribution >= 0.6 is 0 Å². The van der Waals surface area contributed by atoms with E-state index in [1.54, 1.807) is 19.1 Å². The molecule has 0 heterocycles. The van der Waals surface area contributed by atoms with Gasteiger partial charge >= 0.3 is 0 Å². The molecule has 2 aromatic rings. The Morgan fingerprint density at radius 1 is 1.08 bits per heavy atom. The summed E-state index contributed by atoms with van der Waals surface area (Å²) in [4.78, 5) is 14.5. The number of ether oxygens (including phenoxy) is 2. The summed E-state index contributed by atoms with van der Waals surface area (Å²) in [6.07, 6.45) is 0.918. The van der Waals surface area contributed by atoms with Gasteiger partial charge in [-0.3, -0.25) is 4.79 Å². The van der Waals surface area contributed by atoms with Crippen molar-refractivity contribution < 1.29 is 14.3 Å². The van der Waals surface area contributed by atoms with Crippen LogP contribution < -0.4 is 9.47 Å². The van der Waals surface area contributed by atoms with Crippen LogP contribution in [0.1, 0.15) is 23.5 Å². The van der Waals surface area contributed by atoms with Gasteiger partial charge in [0.2, 0.25) is 5.91 Å². The molecule has 1 saturated carbocycles. The predicted molar refractivity (Wildman–Crippen MR) is 93.3 cm³/mol. The van der Waals surface area contributed by atoms with Crippen LogP contribution in [0.2, 0.25) is 0 Å². The highest BCUT2D eigenvalue weighted by Gasteiger charge is 2.45. The van der Waals surface area contributed by atoms with Crippen LogP contribution in [0, 0.1) is 5.92 Å². The molecular formula is C20H23NO3. The van der Waals surface area contributed by atoms with Gasteiger partial charge in [0.25, 0.3) is 0 Å². The van der Waals surface area contributed by atoms with Crippen molar-refractivity contribution in [1.29, 1.82) is 0 Å². The van der Waals surface area contributed by atoms with E-state index in [0.29, 0.717) is 12.5 Å². The fraction of sp³-hybridized carbons (Fsp3) is 0.350. The summed E-state index contributed by atoms with van der Waals surface area (Å²) < 4.78 is 10.5. The number of para-hydroxylation sites is 1. The smallest absolute Gasteiger partial charge is 0.226 e. The standard InChI is InChI=1S/C20H23NO3/c1-21(13-15-6-4-5-7-19(15)24-3)20(22)18-12-17(18)14-8-10-16(23-2)11-9-14/h4-11,17-18H,12-13H2,1-3H3/t17-,18-/m0/s1. The van der Waals surface area contributed by atoms with E-state index in [-0.39, 0.29) is 11.8 Å². The summed E-state index contributed by atoms with van der Waals surface area (Å²) in [6, 6.07) is 15.8. The van der Waals surface area contributed by atoms with Gasteiger partial charge in [-0.2, -0.15) is 0 Å². The molecule has 0 radical (unpaired) electrons. The van der Waals surface area contributed by atoms with Crippen molar-refractivity contribution in [3.05, 3.63) is 59.7 Å². The van der Waals surface area contributed by atoms with Crippen molar-refractivity contribution >= 4 is 5.91 Å². The lowest BCUT2D eigenvalue weighted by Crippen LogP contribution is -2.28. The number of carbonyl (C=O) groups excluding carboxylic acids is 1. The lowest BCUT2D eigenvalue weighted by Gasteiger charge is -2.19. The van der Waals surface area contributed by atoms with E-state index in [2.05, 4.69) is 12.1 Å². The van der Waals surface area contributed by atoms with Gasteiger partial charge in [-0.15, -0.1) is 0 Å². The van der Waals surface area contributed by atoms with Crippen molar-refractivity contribution in [2.75, 3.05) is 21.3 Å². The molecule has 3 rings (SSSR count). The van der Waals surface area contributed by atoms with Gasteiger partial charge in [0.1, 0.15) is 11.5 Å². The van der Waals surface area contributed by atoms with Crippen LogP contribution in [-0.2, 0) is 11.3 Å². The van der Waals surface area contributed by atoms with Crippen molar-refractivity contribution in [2.24, 2.45) is 5.92 Å². The van der Waals surface area contributed by atoms with Crippen LogP contribution in [0.25, 0.3) is 0 Å². The number of hydrogen-bond acceptors (Lipinski definition) is 3. The lowest BCUT2D eigenvalue weighted by molar-refractivity contribution is -0.131. The van der Waals surface area contributed by atoms with Crippen molar-refractivity contribution in [3.63, 3.8) is 0 Å². The molecule has 1 aliphatic rings. The van der Waals surface area contributed by atoms with E-state index in [9.17, 15) is 4.79 Å². The Kier molecular flexibility index (Phi) is 4.74. The minimum atomic E-state index is 0.0816. The summed E-state index contributed by atoms with van der Waals surface area (Å²) in [5.41, 5.74) is 2.23. The van der Waals surface area contributed by atoms with Crippen LogP contribution in [-0.4, -0.2) is 32.1 Å². The fourth-order valence-corrected chi connectivity index (χ4v) is 3.14. The average molecular weight is 325 g/mol. The molecule has 2 aromatic carbocycles. The number of methoxy groups -OCH3 is 2. The summed E-state index contributed by atoms with van der Waals surface area (Å²) in [6.45, 7) is 0.564. The zero-order valence-corrected chi connectivity index (χ0v) is 14.4. The third kappa shape index (κ3) is 3.37. The normalized spacial score (nSPS) is 18.8. The summed E-state index contributed by atoms with van der Waals surface area (Å²) in [5.74, 6) is 2.26. The fourth-order valence-electron chi connectivity index (χ4n) is 3.14. The van der Waals surface area contributed by atoms with Crippen LogP contribution in [0.3, 0.4) is 0 Å². The molecule has 1 amide bonds. The van der Waals surface area contributed by atoms with Gasteiger partial charge in [0.05, 0.1) is 14.2 Å². The first-order valence-corrected chi connectivity index (χ1v) is 8.15. The molecule has 0 unspecified atom stereocenters. The Morgan fingerprint density at radius 3 is 2.46 bits per heavy atom.